The van der Waals surface area contributed by atoms with Gasteiger partial charge in [0.05, 0.1) is 5.41 Å². The van der Waals surface area contributed by atoms with Crippen LogP contribution in [-0.4, -0.2) is 6.21 Å². The Balaban J connectivity index is 4.26. The summed E-state index contributed by atoms with van der Waals surface area (Å²) in [4.78, 5) is 3.89. The third-order valence-electron chi connectivity index (χ3n) is 1.01. The van der Waals surface area contributed by atoms with Crippen molar-refractivity contribution in [1.29, 1.82) is 0 Å². The molecule has 0 saturated carbocycles. The fraction of sp³-hybridized carbons (Fsp3) is 0.500. The van der Waals surface area contributed by atoms with Gasteiger partial charge in [-0.3, -0.25) is 0 Å². The molecule has 0 bridgehead atoms. The van der Waals surface area contributed by atoms with E-state index in [1.54, 1.807) is 13.1 Å². The van der Waals surface area contributed by atoms with E-state index < -0.39 is 0 Å². The van der Waals surface area contributed by atoms with E-state index in [1.165, 1.54) is 0 Å². The van der Waals surface area contributed by atoms with Crippen LogP contribution >= 0.6 is 0 Å². The van der Waals surface area contributed by atoms with Crippen molar-refractivity contribution in [1.82, 2.24) is 0 Å². The van der Waals surface area contributed by atoms with E-state index in [2.05, 4.69) is 28.8 Å². The molecule has 58 valence electrons. The highest BCUT2D eigenvalue weighted by Crippen LogP contribution is 2.08. The molecule has 0 aromatic heterocycles. The second-order valence-corrected chi connectivity index (χ2v) is 2.72. The fourth-order valence-corrected chi connectivity index (χ4v) is 0.613. The zero-order valence-electron chi connectivity index (χ0n) is 7.52. The fourth-order valence-electron chi connectivity index (χ4n) is 0.613. The summed E-state index contributed by atoms with van der Waals surface area (Å²) in [6, 6.07) is 2.61. The summed E-state index contributed by atoms with van der Waals surface area (Å²) in [7, 11) is 0. The van der Waals surface area contributed by atoms with Crippen molar-refractivity contribution in [2.45, 2.75) is 27.7 Å². The lowest BCUT2D eigenvalue weighted by Gasteiger charge is -2.07. The molecule has 0 aliphatic carbocycles. The van der Waals surface area contributed by atoms with Gasteiger partial charge in [-0.2, -0.15) is 0 Å². The summed E-state index contributed by atoms with van der Waals surface area (Å²) in [6.45, 7) is 7.59. The summed E-state index contributed by atoms with van der Waals surface area (Å²) < 4.78 is 0. The van der Waals surface area contributed by atoms with Gasteiger partial charge in [0, 0.05) is 12.3 Å². The molecule has 0 rings (SSSR count). The third-order valence-corrected chi connectivity index (χ3v) is 1.01. The van der Waals surface area contributed by atoms with Crippen molar-refractivity contribution >= 4 is 6.21 Å². The average molecular weight is 147 g/mol. The lowest BCUT2D eigenvalue weighted by Crippen LogP contribution is -2.08. The molecule has 0 unspecified atom stereocenters. The van der Waals surface area contributed by atoms with Crippen molar-refractivity contribution in [3.8, 4) is 23.8 Å². The molecule has 0 aliphatic rings. The van der Waals surface area contributed by atoms with Crippen LogP contribution in [0.4, 0.5) is 0 Å². The van der Waals surface area contributed by atoms with E-state index in [-0.39, 0.29) is 5.41 Å². The third kappa shape index (κ3) is 5.25. The maximum atomic E-state index is 3.89. The Kier molecular flexibility index (Phi) is 4.08. The van der Waals surface area contributed by atoms with Crippen LogP contribution in [0.3, 0.4) is 0 Å². The van der Waals surface area contributed by atoms with E-state index >= 15 is 0 Å². The highest BCUT2D eigenvalue weighted by molar-refractivity contribution is 5.70. The van der Waals surface area contributed by atoms with Crippen LogP contribution in [-0.2, 0) is 0 Å². The Morgan fingerprint density at radius 1 is 1.18 bits per heavy atom. The van der Waals surface area contributed by atoms with Crippen LogP contribution in [0.15, 0.2) is 4.99 Å². The minimum Gasteiger partial charge on any atom is -0.209 e. The predicted molar refractivity (Wildman–Crippen MR) is 49.2 cm³/mol. The number of aliphatic imine (C=N–C) groups is 1. The largest absolute Gasteiger partial charge is 0.209 e. The zero-order chi connectivity index (χ0) is 8.74. The SMILES string of the molecule is CC#CN=CC(C)(C)C#CC. The smallest absolute Gasteiger partial charge is 0.0617 e. The van der Waals surface area contributed by atoms with Crippen LogP contribution in [0, 0.1) is 29.2 Å². The Bertz CT molecular complexity index is 250. The number of nitrogens with zero attached hydrogens (tertiary/aromatic N) is 1. The number of rotatable bonds is 1. The van der Waals surface area contributed by atoms with Gasteiger partial charge in [-0.1, -0.05) is 11.8 Å². The predicted octanol–water partition coefficient (Wildman–Crippen LogP) is 2.09. The molecule has 0 radical (unpaired) electrons. The lowest BCUT2D eigenvalue weighted by atomic mass is 9.97. The molecule has 0 amide bonds. The first kappa shape index (κ1) is 9.79. The summed E-state index contributed by atoms with van der Waals surface area (Å²) in [5, 5.41) is 0. The van der Waals surface area contributed by atoms with Gasteiger partial charge in [-0.05, 0) is 27.7 Å². The molecule has 11 heavy (non-hydrogen) atoms. The standard InChI is InChI=1S/C10H13N/c1-5-7-10(3,4)9-11-8-6-2/h9H,1-4H3. The van der Waals surface area contributed by atoms with Crippen LogP contribution in [0.5, 0.6) is 0 Å². The topological polar surface area (TPSA) is 12.4 Å². The minimum atomic E-state index is -0.154. The summed E-state index contributed by atoms with van der Waals surface area (Å²) in [5.74, 6) is 8.55. The van der Waals surface area contributed by atoms with Gasteiger partial charge in [0.15, 0.2) is 0 Å². The summed E-state index contributed by atoms with van der Waals surface area (Å²) >= 11 is 0. The van der Waals surface area contributed by atoms with Gasteiger partial charge in [0.2, 0.25) is 0 Å². The molecule has 0 atom stereocenters. The Labute approximate surface area is 68.9 Å². The number of hydrogen-bond donors (Lipinski definition) is 0. The average Bonchev–Trinajstić information content (AvgIpc) is 1.87. The monoisotopic (exact) mass is 147 g/mol. The molecule has 0 N–H and O–H groups in total. The van der Waals surface area contributed by atoms with Gasteiger partial charge in [-0.25, -0.2) is 4.99 Å². The lowest BCUT2D eigenvalue weighted by molar-refractivity contribution is 0.725. The Morgan fingerprint density at radius 2 is 1.82 bits per heavy atom. The van der Waals surface area contributed by atoms with Gasteiger partial charge in [0.25, 0.3) is 0 Å². The van der Waals surface area contributed by atoms with E-state index in [0.717, 1.165) is 0 Å². The quantitative estimate of drug-likeness (QED) is 0.398. The Morgan fingerprint density at radius 3 is 2.27 bits per heavy atom. The summed E-state index contributed by atoms with van der Waals surface area (Å²) in [6.07, 6.45) is 1.76. The van der Waals surface area contributed by atoms with Gasteiger partial charge in [-0.15, -0.1) is 5.92 Å². The van der Waals surface area contributed by atoms with Crippen molar-refractivity contribution < 1.29 is 0 Å². The van der Waals surface area contributed by atoms with E-state index in [0.29, 0.717) is 0 Å². The number of hydrogen-bond acceptors (Lipinski definition) is 1. The zero-order valence-corrected chi connectivity index (χ0v) is 7.52. The highest BCUT2D eigenvalue weighted by atomic mass is 14.7. The molecule has 1 nitrogen and oxygen atoms in total. The molecule has 0 aromatic carbocycles. The first-order valence-electron chi connectivity index (χ1n) is 3.52. The molecule has 0 saturated heterocycles. The first-order chi connectivity index (χ1) is 5.12. The molecule has 0 aromatic rings. The van der Waals surface area contributed by atoms with Gasteiger partial charge in [0.1, 0.15) is 0 Å². The van der Waals surface area contributed by atoms with Crippen LogP contribution in [0.2, 0.25) is 0 Å². The first-order valence-corrected chi connectivity index (χ1v) is 3.52. The van der Waals surface area contributed by atoms with E-state index in [1.807, 2.05) is 20.8 Å². The van der Waals surface area contributed by atoms with Gasteiger partial charge < -0.3 is 0 Å². The Hall–Kier alpha value is -1.21. The van der Waals surface area contributed by atoms with Crippen molar-refractivity contribution in [2.75, 3.05) is 0 Å². The summed E-state index contributed by atoms with van der Waals surface area (Å²) in [5.41, 5.74) is -0.154. The van der Waals surface area contributed by atoms with Gasteiger partial charge >= 0.3 is 0 Å². The molecular weight excluding hydrogens is 134 g/mol. The maximum absolute atomic E-state index is 3.89. The molecular formula is C10H13N. The van der Waals surface area contributed by atoms with Crippen LogP contribution in [0.1, 0.15) is 27.7 Å². The van der Waals surface area contributed by atoms with E-state index in [4.69, 9.17) is 0 Å². The molecule has 1 heteroatoms. The maximum Gasteiger partial charge on any atom is 0.0617 e. The van der Waals surface area contributed by atoms with Crippen LogP contribution in [0.25, 0.3) is 0 Å². The minimum absolute atomic E-state index is 0.154. The van der Waals surface area contributed by atoms with Crippen molar-refractivity contribution in [3.05, 3.63) is 0 Å². The normalized spacial score (nSPS) is 9.82. The second kappa shape index (κ2) is 4.58. The molecule has 0 fully saturated rings. The van der Waals surface area contributed by atoms with Crippen molar-refractivity contribution in [3.63, 3.8) is 0 Å². The second-order valence-electron chi connectivity index (χ2n) is 2.72. The van der Waals surface area contributed by atoms with Crippen molar-refractivity contribution in [2.24, 2.45) is 10.4 Å². The van der Waals surface area contributed by atoms with E-state index in [9.17, 15) is 0 Å². The highest BCUT2D eigenvalue weighted by Gasteiger charge is 2.08. The van der Waals surface area contributed by atoms with Crippen LogP contribution < -0.4 is 0 Å². The molecule has 0 spiro atoms. The molecule has 0 heterocycles. The molecule has 0 aliphatic heterocycles.